The van der Waals surface area contributed by atoms with Crippen LogP contribution in [0.5, 0.6) is 0 Å². The van der Waals surface area contributed by atoms with Gasteiger partial charge in [-0.2, -0.15) is 0 Å². The molecule has 1 saturated heterocycles. The number of amides is 5. The largest absolute Gasteiger partial charge is 0.467 e. The van der Waals surface area contributed by atoms with Gasteiger partial charge in [-0.15, -0.1) is 0 Å². The van der Waals surface area contributed by atoms with Crippen molar-refractivity contribution in [3.8, 4) is 0 Å². The molecule has 0 aliphatic carbocycles. The SMILES string of the molecule is CC1(c2cccc(C(N)=O)c2)NC(=O)N(CC(=O)NCc2ccco2)C1=O. The van der Waals surface area contributed by atoms with E-state index in [0.29, 0.717) is 11.3 Å². The van der Waals surface area contributed by atoms with Crippen molar-refractivity contribution in [3.63, 3.8) is 0 Å². The van der Waals surface area contributed by atoms with Crippen molar-refractivity contribution in [1.29, 1.82) is 0 Å². The number of hydrogen-bond acceptors (Lipinski definition) is 5. The van der Waals surface area contributed by atoms with Crippen LogP contribution in [0.25, 0.3) is 0 Å². The monoisotopic (exact) mass is 370 g/mol. The summed E-state index contributed by atoms with van der Waals surface area (Å²) in [5.41, 5.74) is 4.48. The smallest absolute Gasteiger partial charge is 0.325 e. The molecule has 9 heteroatoms. The maximum atomic E-state index is 12.8. The maximum Gasteiger partial charge on any atom is 0.325 e. The zero-order valence-electron chi connectivity index (χ0n) is 14.5. The Balaban J connectivity index is 1.73. The first kappa shape index (κ1) is 18.2. The van der Waals surface area contributed by atoms with Crippen LogP contribution in [-0.2, 0) is 21.7 Å². The van der Waals surface area contributed by atoms with E-state index in [9.17, 15) is 19.2 Å². The van der Waals surface area contributed by atoms with Gasteiger partial charge in [-0.1, -0.05) is 12.1 Å². The van der Waals surface area contributed by atoms with Crippen LogP contribution < -0.4 is 16.4 Å². The van der Waals surface area contributed by atoms with Crippen molar-refractivity contribution in [3.05, 3.63) is 59.5 Å². The van der Waals surface area contributed by atoms with E-state index in [1.807, 2.05) is 0 Å². The number of furan rings is 1. The Morgan fingerprint density at radius 1 is 1.26 bits per heavy atom. The number of hydrogen-bond donors (Lipinski definition) is 3. The Kier molecular flexibility index (Phi) is 4.68. The minimum atomic E-state index is -1.40. The summed E-state index contributed by atoms with van der Waals surface area (Å²) < 4.78 is 5.11. The number of carbonyl (C=O) groups excluding carboxylic acids is 4. The molecule has 1 aliphatic heterocycles. The number of nitrogens with zero attached hydrogens (tertiary/aromatic N) is 1. The van der Waals surface area contributed by atoms with Gasteiger partial charge < -0.3 is 20.8 Å². The molecule has 1 atom stereocenters. The number of rotatable bonds is 6. The highest BCUT2D eigenvalue weighted by atomic mass is 16.3. The van der Waals surface area contributed by atoms with Crippen LogP contribution in [0.15, 0.2) is 47.1 Å². The molecule has 140 valence electrons. The van der Waals surface area contributed by atoms with E-state index in [1.165, 1.54) is 25.3 Å². The third-order valence-corrected chi connectivity index (χ3v) is 4.34. The zero-order chi connectivity index (χ0) is 19.6. The summed E-state index contributed by atoms with van der Waals surface area (Å²) in [5, 5.41) is 5.15. The van der Waals surface area contributed by atoms with Crippen LogP contribution in [0.3, 0.4) is 0 Å². The van der Waals surface area contributed by atoms with E-state index in [0.717, 1.165) is 4.90 Å². The molecule has 9 nitrogen and oxygen atoms in total. The topological polar surface area (TPSA) is 135 Å². The average Bonchev–Trinajstić information content (AvgIpc) is 3.23. The molecule has 1 aromatic heterocycles. The number of primary amides is 1. The van der Waals surface area contributed by atoms with Gasteiger partial charge in [-0.25, -0.2) is 4.79 Å². The number of nitrogens with two attached hydrogens (primary N) is 1. The molecular formula is C18H18N4O5. The molecule has 0 bridgehead atoms. The normalized spacial score (nSPS) is 19.1. The second kappa shape index (κ2) is 6.94. The molecule has 0 radical (unpaired) electrons. The first-order chi connectivity index (χ1) is 12.8. The van der Waals surface area contributed by atoms with Crippen molar-refractivity contribution in [1.82, 2.24) is 15.5 Å². The lowest BCUT2D eigenvalue weighted by molar-refractivity contribution is -0.134. The van der Waals surface area contributed by atoms with Gasteiger partial charge >= 0.3 is 6.03 Å². The number of carbonyl (C=O) groups is 4. The standard InChI is InChI=1S/C18H18N4O5/c1-18(12-5-2-4-11(8-12)15(19)24)16(25)22(17(26)21-18)10-14(23)20-9-13-6-3-7-27-13/h2-8H,9-10H2,1H3,(H2,19,24)(H,20,23)(H,21,26). The third-order valence-electron chi connectivity index (χ3n) is 4.34. The molecule has 4 N–H and O–H groups in total. The summed E-state index contributed by atoms with van der Waals surface area (Å²) in [6.07, 6.45) is 1.48. The predicted octanol–water partition coefficient (Wildman–Crippen LogP) is 0.462. The Hall–Kier alpha value is -3.62. The Morgan fingerprint density at radius 2 is 2.04 bits per heavy atom. The minimum Gasteiger partial charge on any atom is -0.467 e. The molecule has 3 rings (SSSR count). The van der Waals surface area contributed by atoms with Crippen LogP contribution in [-0.4, -0.2) is 35.2 Å². The van der Waals surface area contributed by atoms with Crippen LogP contribution in [0.4, 0.5) is 4.79 Å². The molecule has 1 unspecified atom stereocenters. The van der Waals surface area contributed by atoms with Gasteiger partial charge in [-0.05, 0) is 36.8 Å². The van der Waals surface area contributed by atoms with E-state index in [2.05, 4.69) is 10.6 Å². The molecule has 2 heterocycles. The second-order valence-corrected chi connectivity index (χ2v) is 6.25. The Labute approximate surface area is 154 Å². The van der Waals surface area contributed by atoms with Gasteiger partial charge in [0.15, 0.2) is 0 Å². The van der Waals surface area contributed by atoms with E-state index >= 15 is 0 Å². The van der Waals surface area contributed by atoms with Gasteiger partial charge in [0.2, 0.25) is 11.8 Å². The van der Waals surface area contributed by atoms with Crippen LogP contribution >= 0.6 is 0 Å². The molecule has 0 spiro atoms. The van der Waals surface area contributed by atoms with Crippen molar-refractivity contribution in [2.75, 3.05) is 6.54 Å². The van der Waals surface area contributed by atoms with E-state index in [4.69, 9.17) is 10.2 Å². The number of urea groups is 1. The van der Waals surface area contributed by atoms with Crippen molar-refractivity contribution in [2.24, 2.45) is 5.73 Å². The number of benzene rings is 1. The molecular weight excluding hydrogens is 352 g/mol. The predicted molar refractivity (Wildman–Crippen MR) is 93.1 cm³/mol. The number of imide groups is 1. The summed E-state index contributed by atoms with van der Waals surface area (Å²) in [6, 6.07) is 8.81. The van der Waals surface area contributed by atoms with Crippen LogP contribution in [0, 0.1) is 0 Å². The highest BCUT2D eigenvalue weighted by Crippen LogP contribution is 2.29. The average molecular weight is 370 g/mol. The molecule has 27 heavy (non-hydrogen) atoms. The van der Waals surface area contributed by atoms with Crippen LogP contribution in [0.1, 0.15) is 28.6 Å². The Bertz CT molecular complexity index is 908. The van der Waals surface area contributed by atoms with Crippen molar-refractivity contribution in [2.45, 2.75) is 19.0 Å². The maximum absolute atomic E-state index is 12.8. The van der Waals surface area contributed by atoms with Gasteiger partial charge in [0.25, 0.3) is 5.91 Å². The molecule has 2 aromatic rings. The molecule has 0 saturated carbocycles. The molecule has 1 aliphatic rings. The summed E-state index contributed by atoms with van der Waals surface area (Å²) in [6.45, 7) is 1.22. The lowest BCUT2D eigenvalue weighted by Gasteiger charge is -2.22. The lowest BCUT2D eigenvalue weighted by Crippen LogP contribution is -2.43. The van der Waals surface area contributed by atoms with Crippen molar-refractivity contribution >= 4 is 23.8 Å². The van der Waals surface area contributed by atoms with Crippen molar-refractivity contribution < 1.29 is 23.6 Å². The highest BCUT2D eigenvalue weighted by molar-refractivity contribution is 6.09. The highest BCUT2D eigenvalue weighted by Gasteiger charge is 2.49. The van der Waals surface area contributed by atoms with Gasteiger partial charge in [0, 0.05) is 5.56 Å². The third kappa shape index (κ3) is 3.52. The summed E-state index contributed by atoms with van der Waals surface area (Å²) in [5.74, 6) is -1.20. The fourth-order valence-electron chi connectivity index (χ4n) is 2.82. The van der Waals surface area contributed by atoms with E-state index in [-0.39, 0.29) is 12.1 Å². The van der Waals surface area contributed by atoms with Gasteiger partial charge in [0.05, 0.1) is 12.8 Å². The quantitative estimate of drug-likeness (QED) is 0.635. The van der Waals surface area contributed by atoms with E-state index in [1.54, 1.807) is 24.3 Å². The molecule has 1 aromatic carbocycles. The lowest BCUT2D eigenvalue weighted by atomic mass is 9.90. The second-order valence-electron chi connectivity index (χ2n) is 6.25. The minimum absolute atomic E-state index is 0.146. The first-order valence-electron chi connectivity index (χ1n) is 8.15. The fraction of sp³-hybridized carbons (Fsp3) is 0.222. The zero-order valence-corrected chi connectivity index (χ0v) is 14.5. The number of nitrogens with one attached hydrogen (secondary N) is 2. The summed E-state index contributed by atoms with van der Waals surface area (Å²) in [7, 11) is 0. The fourth-order valence-corrected chi connectivity index (χ4v) is 2.82. The summed E-state index contributed by atoms with van der Waals surface area (Å²) in [4.78, 5) is 49.4. The van der Waals surface area contributed by atoms with E-state index < -0.39 is 35.8 Å². The van der Waals surface area contributed by atoms with Crippen LogP contribution in [0.2, 0.25) is 0 Å². The van der Waals surface area contributed by atoms with Gasteiger partial charge in [-0.3, -0.25) is 19.3 Å². The first-order valence-corrected chi connectivity index (χ1v) is 8.15. The van der Waals surface area contributed by atoms with Gasteiger partial charge in [0.1, 0.15) is 17.8 Å². The molecule has 1 fully saturated rings. The Morgan fingerprint density at radius 3 is 2.70 bits per heavy atom. The summed E-state index contributed by atoms with van der Waals surface area (Å²) >= 11 is 0. The molecule has 5 amide bonds.